The molecule has 98 valence electrons. The highest BCUT2D eigenvalue weighted by Gasteiger charge is 2.23. The maximum absolute atomic E-state index is 13.7. The van der Waals surface area contributed by atoms with Crippen LogP contribution in [0.2, 0.25) is 0 Å². The summed E-state index contributed by atoms with van der Waals surface area (Å²) in [5, 5.41) is 3.21. The van der Waals surface area contributed by atoms with Crippen molar-refractivity contribution >= 4 is 5.69 Å². The van der Waals surface area contributed by atoms with E-state index in [0.717, 1.165) is 11.5 Å². The van der Waals surface area contributed by atoms with E-state index in [1.165, 1.54) is 30.0 Å². The fraction of sp³-hybridized carbons (Fsp3) is 0.294. The third-order valence-corrected chi connectivity index (χ3v) is 3.69. The number of para-hydroxylation sites is 1. The van der Waals surface area contributed by atoms with Crippen LogP contribution < -0.4 is 5.32 Å². The minimum Gasteiger partial charge on any atom is -0.378 e. The highest BCUT2D eigenvalue weighted by atomic mass is 19.1. The summed E-state index contributed by atoms with van der Waals surface area (Å²) in [5.74, 6) is 0.577. The van der Waals surface area contributed by atoms with E-state index in [1.54, 1.807) is 6.07 Å². The molecule has 1 nitrogen and oxygen atoms in total. The zero-order chi connectivity index (χ0) is 13.2. The second kappa shape index (κ2) is 5.04. The van der Waals surface area contributed by atoms with Crippen molar-refractivity contribution in [3.8, 4) is 0 Å². The number of aryl methyl sites for hydroxylation is 1. The first kappa shape index (κ1) is 12.2. The molecule has 2 heteroatoms. The molecule has 1 aliphatic carbocycles. The quantitative estimate of drug-likeness (QED) is 0.840. The maximum Gasteiger partial charge on any atom is 0.146 e. The van der Waals surface area contributed by atoms with Crippen LogP contribution in [0.4, 0.5) is 10.1 Å². The molecule has 0 atom stereocenters. The average Bonchev–Trinajstić information content (AvgIpc) is 3.23. The number of rotatable bonds is 4. The van der Waals surface area contributed by atoms with Crippen molar-refractivity contribution in [3.05, 3.63) is 65.0 Å². The largest absolute Gasteiger partial charge is 0.378 e. The van der Waals surface area contributed by atoms with Crippen LogP contribution in [0, 0.1) is 12.7 Å². The number of halogens is 1. The first-order valence-corrected chi connectivity index (χ1v) is 6.82. The number of hydrogen-bond acceptors (Lipinski definition) is 1. The van der Waals surface area contributed by atoms with Crippen molar-refractivity contribution < 1.29 is 4.39 Å². The Morgan fingerprint density at radius 2 is 1.95 bits per heavy atom. The summed E-state index contributed by atoms with van der Waals surface area (Å²) in [7, 11) is 0. The van der Waals surface area contributed by atoms with E-state index >= 15 is 0 Å². The van der Waals surface area contributed by atoms with E-state index in [4.69, 9.17) is 0 Å². The zero-order valence-corrected chi connectivity index (χ0v) is 11.1. The molecule has 0 heterocycles. The van der Waals surface area contributed by atoms with Gasteiger partial charge in [-0.05, 0) is 48.4 Å². The standard InChI is InChI=1S/C17H18FN/c1-12-4-2-7-16(18)17(12)19-11-13-5-3-6-15(10-13)14-8-9-14/h2-7,10,14,19H,8-9,11H2,1H3. The van der Waals surface area contributed by atoms with Crippen LogP contribution >= 0.6 is 0 Å². The van der Waals surface area contributed by atoms with Gasteiger partial charge in [-0.3, -0.25) is 0 Å². The molecule has 1 saturated carbocycles. The Morgan fingerprint density at radius 3 is 2.68 bits per heavy atom. The van der Waals surface area contributed by atoms with Crippen molar-refractivity contribution in [2.24, 2.45) is 0 Å². The van der Waals surface area contributed by atoms with Crippen molar-refractivity contribution in [3.63, 3.8) is 0 Å². The van der Waals surface area contributed by atoms with Gasteiger partial charge in [0, 0.05) is 6.54 Å². The number of anilines is 1. The van der Waals surface area contributed by atoms with Crippen LogP contribution in [0.15, 0.2) is 42.5 Å². The van der Waals surface area contributed by atoms with Gasteiger partial charge in [0.1, 0.15) is 5.82 Å². The Kier molecular flexibility index (Phi) is 3.24. The SMILES string of the molecule is Cc1cccc(F)c1NCc1cccc(C2CC2)c1. The average molecular weight is 255 g/mol. The first-order valence-electron chi connectivity index (χ1n) is 6.82. The highest BCUT2D eigenvalue weighted by molar-refractivity contribution is 5.52. The summed E-state index contributed by atoms with van der Waals surface area (Å²) in [4.78, 5) is 0. The molecule has 0 spiro atoms. The third kappa shape index (κ3) is 2.78. The predicted molar refractivity (Wildman–Crippen MR) is 76.9 cm³/mol. The monoisotopic (exact) mass is 255 g/mol. The molecular weight excluding hydrogens is 237 g/mol. The Hall–Kier alpha value is -1.83. The lowest BCUT2D eigenvalue weighted by molar-refractivity contribution is 0.629. The Morgan fingerprint density at radius 1 is 1.16 bits per heavy atom. The van der Waals surface area contributed by atoms with Gasteiger partial charge in [-0.25, -0.2) is 4.39 Å². The predicted octanol–water partition coefficient (Wildman–Crippen LogP) is 4.62. The summed E-state index contributed by atoms with van der Waals surface area (Å²) >= 11 is 0. The normalized spacial score (nSPS) is 14.4. The summed E-state index contributed by atoms with van der Waals surface area (Å²) in [5.41, 5.74) is 4.19. The van der Waals surface area contributed by atoms with E-state index < -0.39 is 0 Å². The van der Waals surface area contributed by atoms with Crippen LogP contribution in [0.1, 0.15) is 35.4 Å². The van der Waals surface area contributed by atoms with Crippen LogP contribution in [0.5, 0.6) is 0 Å². The van der Waals surface area contributed by atoms with Gasteiger partial charge in [-0.1, -0.05) is 36.4 Å². The van der Waals surface area contributed by atoms with Crippen molar-refractivity contribution in [1.29, 1.82) is 0 Å². The minimum atomic E-state index is -0.182. The van der Waals surface area contributed by atoms with E-state index in [2.05, 4.69) is 29.6 Å². The molecule has 1 fully saturated rings. The van der Waals surface area contributed by atoms with Gasteiger partial charge in [-0.15, -0.1) is 0 Å². The summed E-state index contributed by atoms with van der Waals surface area (Å²) < 4.78 is 13.7. The van der Waals surface area contributed by atoms with E-state index in [-0.39, 0.29) is 5.82 Å². The second-order valence-corrected chi connectivity index (χ2v) is 5.30. The molecule has 0 unspecified atom stereocenters. The van der Waals surface area contributed by atoms with Gasteiger partial charge in [0.2, 0.25) is 0 Å². The molecule has 3 rings (SSSR count). The molecule has 2 aromatic rings. The molecular formula is C17H18FN. The molecule has 1 aliphatic rings. The molecule has 0 aliphatic heterocycles. The first-order chi connectivity index (χ1) is 9.24. The molecule has 0 saturated heterocycles. The summed E-state index contributed by atoms with van der Waals surface area (Å²) in [6.45, 7) is 2.59. The third-order valence-electron chi connectivity index (χ3n) is 3.69. The topological polar surface area (TPSA) is 12.0 Å². The summed E-state index contributed by atoms with van der Waals surface area (Å²) in [6, 6.07) is 13.8. The van der Waals surface area contributed by atoms with Gasteiger partial charge >= 0.3 is 0 Å². The van der Waals surface area contributed by atoms with Crippen LogP contribution in [0.3, 0.4) is 0 Å². The Labute approximate surface area is 113 Å². The van der Waals surface area contributed by atoms with Crippen LogP contribution in [0.25, 0.3) is 0 Å². The fourth-order valence-electron chi connectivity index (χ4n) is 2.42. The highest BCUT2D eigenvalue weighted by Crippen LogP contribution is 2.40. The van der Waals surface area contributed by atoms with Crippen LogP contribution in [-0.4, -0.2) is 0 Å². The lowest BCUT2D eigenvalue weighted by Crippen LogP contribution is -2.03. The van der Waals surface area contributed by atoms with Gasteiger partial charge in [-0.2, -0.15) is 0 Å². The smallest absolute Gasteiger partial charge is 0.146 e. The lowest BCUT2D eigenvalue weighted by atomic mass is 10.1. The Balaban J connectivity index is 1.73. The number of nitrogens with one attached hydrogen (secondary N) is 1. The number of hydrogen-bond donors (Lipinski definition) is 1. The van der Waals surface area contributed by atoms with Crippen LogP contribution in [-0.2, 0) is 6.54 Å². The summed E-state index contributed by atoms with van der Waals surface area (Å²) in [6.07, 6.45) is 2.62. The Bertz CT molecular complexity index is 567. The van der Waals surface area contributed by atoms with Crippen molar-refractivity contribution in [2.45, 2.75) is 32.2 Å². The van der Waals surface area contributed by atoms with Gasteiger partial charge in [0.25, 0.3) is 0 Å². The van der Waals surface area contributed by atoms with Gasteiger partial charge < -0.3 is 5.32 Å². The van der Waals surface area contributed by atoms with E-state index in [1.807, 2.05) is 13.0 Å². The fourth-order valence-corrected chi connectivity index (χ4v) is 2.42. The lowest BCUT2D eigenvalue weighted by Gasteiger charge is -2.11. The van der Waals surface area contributed by atoms with E-state index in [0.29, 0.717) is 12.2 Å². The van der Waals surface area contributed by atoms with Gasteiger partial charge in [0.05, 0.1) is 5.69 Å². The molecule has 0 radical (unpaired) electrons. The molecule has 0 amide bonds. The molecule has 0 aromatic heterocycles. The zero-order valence-electron chi connectivity index (χ0n) is 11.1. The molecule has 0 bridgehead atoms. The molecule has 19 heavy (non-hydrogen) atoms. The molecule has 2 aromatic carbocycles. The number of benzene rings is 2. The van der Waals surface area contributed by atoms with Crippen molar-refractivity contribution in [2.75, 3.05) is 5.32 Å². The van der Waals surface area contributed by atoms with Gasteiger partial charge in [0.15, 0.2) is 0 Å². The maximum atomic E-state index is 13.7. The molecule has 1 N–H and O–H groups in total. The van der Waals surface area contributed by atoms with E-state index in [9.17, 15) is 4.39 Å². The van der Waals surface area contributed by atoms with Crippen molar-refractivity contribution in [1.82, 2.24) is 0 Å². The minimum absolute atomic E-state index is 0.182. The second-order valence-electron chi connectivity index (χ2n) is 5.30.